The largest absolute Gasteiger partial charge is 0.496 e. The molecule has 6 nitrogen and oxygen atoms in total. The Balaban J connectivity index is 1.51. The first-order valence-electron chi connectivity index (χ1n) is 9.07. The first-order chi connectivity index (χ1) is 12.1. The number of carbonyl (C=O) groups is 2. The Morgan fingerprint density at radius 1 is 1.12 bits per heavy atom. The molecule has 0 radical (unpaired) electrons. The zero-order chi connectivity index (χ0) is 17.8. The first kappa shape index (κ1) is 17.6. The summed E-state index contributed by atoms with van der Waals surface area (Å²) in [6, 6.07) is 7.47. The van der Waals surface area contributed by atoms with E-state index in [0.717, 1.165) is 24.2 Å². The van der Waals surface area contributed by atoms with Crippen molar-refractivity contribution in [3.05, 3.63) is 29.8 Å². The van der Waals surface area contributed by atoms with E-state index in [1.54, 1.807) is 12.0 Å². The van der Waals surface area contributed by atoms with Crippen LogP contribution in [0.15, 0.2) is 24.3 Å². The maximum Gasteiger partial charge on any atom is 0.317 e. The average Bonchev–Trinajstić information content (AvgIpc) is 2.60. The van der Waals surface area contributed by atoms with E-state index in [9.17, 15) is 9.59 Å². The third kappa shape index (κ3) is 3.89. The van der Waals surface area contributed by atoms with Crippen LogP contribution in [0.3, 0.4) is 0 Å². The molecular weight excluding hydrogens is 318 g/mol. The van der Waals surface area contributed by atoms with E-state index >= 15 is 0 Å². The van der Waals surface area contributed by atoms with Crippen molar-refractivity contribution < 1.29 is 14.3 Å². The van der Waals surface area contributed by atoms with E-state index in [2.05, 4.69) is 5.32 Å². The lowest BCUT2D eigenvalue weighted by atomic mass is 9.84. The van der Waals surface area contributed by atoms with Crippen LogP contribution in [-0.4, -0.2) is 55.0 Å². The van der Waals surface area contributed by atoms with E-state index in [4.69, 9.17) is 4.74 Å². The molecule has 1 heterocycles. The minimum absolute atomic E-state index is 0.0888. The fraction of sp³-hybridized carbons (Fsp3) is 0.579. The summed E-state index contributed by atoms with van der Waals surface area (Å²) >= 11 is 0. The zero-order valence-electron chi connectivity index (χ0n) is 15.0. The van der Waals surface area contributed by atoms with Gasteiger partial charge in [-0.15, -0.1) is 0 Å². The van der Waals surface area contributed by atoms with Gasteiger partial charge in [-0.25, -0.2) is 4.79 Å². The molecule has 0 bridgehead atoms. The fourth-order valence-electron chi connectivity index (χ4n) is 3.42. The van der Waals surface area contributed by atoms with Crippen LogP contribution in [0.4, 0.5) is 4.79 Å². The summed E-state index contributed by atoms with van der Waals surface area (Å²) in [7, 11) is 1.63. The van der Waals surface area contributed by atoms with Crippen molar-refractivity contribution in [2.24, 2.45) is 5.92 Å². The topological polar surface area (TPSA) is 61.9 Å². The number of nitrogens with one attached hydrogen (secondary N) is 1. The minimum atomic E-state index is -0.140. The van der Waals surface area contributed by atoms with E-state index < -0.39 is 0 Å². The number of piperazine rings is 1. The van der Waals surface area contributed by atoms with Gasteiger partial charge in [-0.2, -0.15) is 0 Å². The van der Waals surface area contributed by atoms with Gasteiger partial charge in [-0.05, 0) is 25.8 Å². The second kappa shape index (κ2) is 7.76. The Labute approximate surface area is 149 Å². The molecule has 25 heavy (non-hydrogen) atoms. The van der Waals surface area contributed by atoms with Crippen LogP contribution in [-0.2, 0) is 4.79 Å². The monoisotopic (exact) mass is 345 g/mol. The summed E-state index contributed by atoms with van der Waals surface area (Å²) in [5.41, 5.74) is 0.956. The van der Waals surface area contributed by atoms with Crippen LogP contribution in [0.1, 0.15) is 37.8 Å². The van der Waals surface area contributed by atoms with Gasteiger partial charge in [0.15, 0.2) is 0 Å². The number of benzene rings is 1. The Kier molecular flexibility index (Phi) is 5.46. The summed E-state index contributed by atoms with van der Waals surface area (Å²) in [6.45, 7) is 4.38. The van der Waals surface area contributed by atoms with Crippen LogP contribution in [0.5, 0.6) is 5.75 Å². The second-order valence-electron chi connectivity index (χ2n) is 6.85. The van der Waals surface area contributed by atoms with Crippen LogP contribution >= 0.6 is 0 Å². The lowest BCUT2D eigenvalue weighted by Gasteiger charge is -2.38. The van der Waals surface area contributed by atoms with Crippen LogP contribution < -0.4 is 10.1 Å². The van der Waals surface area contributed by atoms with Gasteiger partial charge in [0.25, 0.3) is 0 Å². The zero-order valence-corrected chi connectivity index (χ0v) is 15.0. The maximum absolute atomic E-state index is 12.5. The lowest BCUT2D eigenvalue weighted by molar-refractivity contribution is -0.139. The lowest BCUT2D eigenvalue weighted by Crippen LogP contribution is -2.54. The smallest absolute Gasteiger partial charge is 0.317 e. The third-order valence-electron chi connectivity index (χ3n) is 5.28. The van der Waals surface area contributed by atoms with E-state index in [1.807, 2.05) is 36.1 Å². The molecule has 2 aliphatic rings. The highest BCUT2D eigenvalue weighted by molar-refractivity contribution is 5.80. The van der Waals surface area contributed by atoms with Crippen molar-refractivity contribution in [3.8, 4) is 5.75 Å². The molecule has 3 rings (SSSR count). The number of nitrogens with zero attached hydrogens (tertiary/aromatic N) is 2. The quantitative estimate of drug-likeness (QED) is 0.911. The molecule has 1 aliphatic heterocycles. The molecule has 3 amide bonds. The van der Waals surface area contributed by atoms with Gasteiger partial charge in [-0.3, -0.25) is 4.79 Å². The fourth-order valence-corrected chi connectivity index (χ4v) is 3.42. The van der Waals surface area contributed by atoms with Gasteiger partial charge >= 0.3 is 6.03 Å². The van der Waals surface area contributed by atoms with Gasteiger partial charge in [0.2, 0.25) is 5.91 Å². The summed E-state index contributed by atoms with van der Waals surface area (Å²) < 4.78 is 5.36. The predicted molar refractivity (Wildman–Crippen MR) is 95.4 cm³/mol. The molecule has 136 valence electrons. The van der Waals surface area contributed by atoms with Crippen LogP contribution in [0.2, 0.25) is 0 Å². The minimum Gasteiger partial charge on any atom is -0.496 e. The van der Waals surface area contributed by atoms with Crippen molar-refractivity contribution in [2.45, 2.75) is 32.2 Å². The van der Waals surface area contributed by atoms with E-state index in [0.29, 0.717) is 26.2 Å². The molecule has 1 aliphatic carbocycles. The molecular formula is C19H27N3O3. The van der Waals surface area contributed by atoms with Crippen molar-refractivity contribution in [2.75, 3.05) is 33.3 Å². The molecule has 1 N–H and O–H groups in total. The Morgan fingerprint density at radius 3 is 2.36 bits per heavy atom. The van der Waals surface area contributed by atoms with Crippen molar-refractivity contribution >= 4 is 11.9 Å². The SMILES string of the molecule is COc1ccccc1[C@H](C)NC(=O)N1CCN(C(=O)C2CCC2)CC1. The number of hydrogen-bond acceptors (Lipinski definition) is 3. The summed E-state index contributed by atoms with van der Waals surface area (Å²) in [5, 5.41) is 3.03. The molecule has 0 unspecified atom stereocenters. The van der Waals surface area contributed by atoms with Gasteiger partial charge in [0.05, 0.1) is 13.2 Å². The Morgan fingerprint density at radius 2 is 1.76 bits per heavy atom. The highest BCUT2D eigenvalue weighted by atomic mass is 16.5. The maximum atomic E-state index is 12.5. The normalized spacial score (nSPS) is 19.1. The highest BCUT2D eigenvalue weighted by Gasteiger charge is 2.32. The number of urea groups is 1. The van der Waals surface area contributed by atoms with Crippen molar-refractivity contribution in [1.29, 1.82) is 0 Å². The first-order valence-corrected chi connectivity index (χ1v) is 9.07. The number of ether oxygens (including phenoxy) is 1. The van der Waals surface area contributed by atoms with Gasteiger partial charge in [-0.1, -0.05) is 24.6 Å². The molecule has 1 aromatic rings. The summed E-state index contributed by atoms with van der Waals surface area (Å²) in [5.74, 6) is 1.27. The average molecular weight is 345 g/mol. The number of para-hydroxylation sites is 1. The second-order valence-corrected chi connectivity index (χ2v) is 6.85. The standard InChI is InChI=1S/C19H27N3O3/c1-14(16-8-3-4-9-17(16)25-2)20-19(24)22-12-10-21(11-13-22)18(23)15-6-5-7-15/h3-4,8-9,14-15H,5-7,10-13H2,1-2H3,(H,20,24)/t14-/m0/s1. The highest BCUT2D eigenvalue weighted by Crippen LogP contribution is 2.28. The van der Waals surface area contributed by atoms with Crippen molar-refractivity contribution in [1.82, 2.24) is 15.1 Å². The predicted octanol–water partition coefficient (Wildman–Crippen LogP) is 2.41. The van der Waals surface area contributed by atoms with E-state index in [1.165, 1.54) is 6.42 Å². The van der Waals surface area contributed by atoms with Gasteiger partial charge < -0.3 is 19.9 Å². The van der Waals surface area contributed by atoms with Crippen molar-refractivity contribution in [3.63, 3.8) is 0 Å². The third-order valence-corrected chi connectivity index (χ3v) is 5.28. The number of hydrogen-bond donors (Lipinski definition) is 1. The number of amides is 3. The molecule has 2 fully saturated rings. The van der Waals surface area contributed by atoms with Crippen LogP contribution in [0.25, 0.3) is 0 Å². The molecule has 6 heteroatoms. The molecule has 1 saturated heterocycles. The number of methoxy groups -OCH3 is 1. The molecule has 0 aromatic heterocycles. The van der Waals surface area contributed by atoms with Crippen LogP contribution in [0, 0.1) is 5.92 Å². The molecule has 1 saturated carbocycles. The summed E-state index contributed by atoms with van der Waals surface area (Å²) in [4.78, 5) is 28.5. The Hall–Kier alpha value is -2.24. The van der Waals surface area contributed by atoms with Gasteiger partial charge in [0.1, 0.15) is 5.75 Å². The Bertz CT molecular complexity index is 622. The number of rotatable bonds is 4. The molecule has 1 aromatic carbocycles. The molecule has 1 atom stereocenters. The molecule has 0 spiro atoms. The van der Waals surface area contributed by atoms with E-state index in [-0.39, 0.29) is 23.9 Å². The number of carbonyl (C=O) groups excluding carboxylic acids is 2. The van der Waals surface area contributed by atoms with Gasteiger partial charge in [0, 0.05) is 37.7 Å². The summed E-state index contributed by atoms with van der Waals surface area (Å²) in [6.07, 6.45) is 3.21.